The van der Waals surface area contributed by atoms with Crippen molar-refractivity contribution < 1.29 is 27.6 Å². The molecule has 0 aromatic heterocycles. The van der Waals surface area contributed by atoms with Gasteiger partial charge in [0.1, 0.15) is 0 Å². The first kappa shape index (κ1) is 24.9. The summed E-state index contributed by atoms with van der Waals surface area (Å²) < 4.78 is 39.1. The van der Waals surface area contributed by atoms with Crippen LogP contribution in [0.2, 0.25) is 0 Å². The van der Waals surface area contributed by atoms with E-state index in [-0.39, 0.29) is 24.7 Å². The molecule has 0 bridgehead atoms. The lowest BCUT2D eigenvalue weighted by molar-refractivity contribution is -0.137. The molecule has 0 atom stereocenters. The smallest absolute Gasteiger partial charge is 0.335 e. The summed E-state index contributed by atoms with van der Waals surface area (Å²) in [6.07, 6.45) is -4.62. The summed E-state index contributed by atoms with van der Waals surface area (Å²) in [6.45, 7) is 1.29. The number of carbonyl (C=O) groups is 3. The van der Waals surface area contributed by atoms with Crippen LogP contribution >= 0.6 is 0 Å². The first-order chi connectivity index (χ1) is 15.0. The number of alkyl halides is 3. The van der Waals surface area contributed by atoms with Gasteiger partial charge in [-0.3, -0.25) is 19.3 Å². The second-order valence-electron chi connectivity index (χ2n) is 7.43. The summed E-state index contributed by atoms with van der Waals surface area (Å²) in [5, 5.41) is 4.91. The number of rotatable bonds is 8. The zero-order chi connectivity index (χ0) is 23.9. The topological polar surface area (TPSA) is 81.8 Å². The number of benzene rings is 2. The van der Waals surface area contributed by atoms with Crippen LogP contribution in [-0.4, -0.2) is 61.3 Å². The molecular formula is C22H25F3N4O3. The van der Waals surface area contributed by atoms with Gasteiger partial charge in [-0.1, -0.05) is 29.8 Å². The monoisotopic (exact) mass is 450 g/mol. The van der Waals surface area contributed by atoms with E-state index >= 15 is 0 Å². The van der Waals surface area contributed by atoms with Crippen molar-refractivity contribution in [3.63, 3.8) is 0 Å². The molecule has 7 nitrogen and oxygen atoms in total. The Bertz CT molecular complexity index is 962. The summed E-state index contributed by atoms with van der Waals surface area (Å²) in [5.41, 5.74) is 0.338. The van der Waals surface area contributed by atoms with Gasteiger partial charge in [-0.25, -0.2) is 0 Å². The SMILES string of the molecule is Cc1ccc(NC(=O)CN(C)CC(=O)N(C)CC(=O)Nc2ccccc2C(F)(F)F)cc1. The molecule has 172 valence electrons. The minimum Gasteiger partial charge on any atom is -0.335 e. The van der Waals surface area contributed by atoms with E-state index in [2.05, 4.69) is 10.6 Å². The number of hydrogen-bond donors (Lipinski definition) is 2. The fraction of sp³-hybridized carbons (Fsp3) is 0.318. The first-order valence-electron chi connectivity index (χ1n) is 9.71. The number of likely N-dealkylation sites (N-methyl/N-ethyl adjacent to an activating group) is 2. The predicted octanol–water partition coefficient (Wildman–Crippen LogP) is 2.98. The van der Waals surface area contributed by atoms with Crippen LogP contribution in [0.25, 0.3) is 0 Å². The normalized spacial score (nSPS) is 11.2. The Kier molecular flexibility index (Phi) is 8.36. The fourth-order valence-corrected chi connectivity index (χ4v) is 2.82. The van der Waals surface area contributed by atoms with Gasteiger partial charge in [0.05, 0.1) is 30.9 Å². The lowest BCUT2D eigenvalue weighted by Crippen LogP contribution is -2.42. The standard InChI is InChI=1S/C22H25F3N4O3/c1-15-8-10-16(11-9-15)26-19(30)12-28(2)14-21(32)29(3)13-20(31)27-18-7-5-4-6-17(18)22(23,24)25/h4-11H,12-14H2,1-3H3,(H,26,30)(H,27,31). The quantitative estimate of drug-likeness (QED) is 0.648. The molecule has 0 unspecified atom stereocenters. The van der Waals surface area contributed by atoms with E-state index in [1.807, 2.05) is 19.1 Å². The molecule has 2 aromatic rings. The second-order valence-corrected chi connectivity index (χ2v) is 7.43. The molecule has 0 spiro atoms. The van der Waals surface area contributed by atoms with Crippen molar-refractivity contribution in [1.29, 1.82) is 0 Å². The number of nitrogens with zero attached hydrogens (tertiary/aromatic N) is 2. The highest BCUT2D eigenvalue weighted by Crippen LogP contribution is 2.34. The Morgan fingerprint density at radius 2 is 1.44 bits per heavy atom. The highest BCUT2D eigenvalue weighted by atomic mass is 19.4. The van der Waals surface area contributed by atoms with Gasteiger partial charge in [-0.15, -0.1) is 0 Å². The van der Waals surface area contributed by atoms with Gasteiger partial charge >= 0.3 is 6.18 Å². The maximum absolute atomic E-state index is 13.0. The maximum Gasteiger partial charge on any atom is 0.418 e. The van der Waals surface area contributed by atoms with E-state index in [0.717, 1.165) is 22.6 Å². The van der Waals surface area contributed by atoms with Crippen molar-refractivity contribution in [2.45, 2.75) is 13.1 Å². The van der Waals surface area contributed by atoms with Gasteiger partial charge in [0.25, 0.3) is 0 Å². The summed E-state index contributed by atoms with van der Waals surface area (Å²) >= 11 is 0. The molecule has 2 aromatic carbocycles. The van der Waals surface area contributed by atoms with Crippen LogP contribution in [0, 0.1) is 6.92 Å². The Morgan fingerprint density at radius 1 is 0.844 bits per heavy atom. The summed E-state index contributed by atoms with van der Waals surface area (Å²) in [5.74, 6) is -1.54. The van der Waals surface area contributed by atoms with E-state index < -0.39 is 30.1 Å². The predicted molar refractivity (Wildman–Crippen MR) is 115 cm³/mol. The molecule has 2 rings (SSSR count). The highest BCUT2D eigenvalue weighted by molar-refractivity contribution is 5.95. The maximum atomic E-state index is 13.0. The van der Waals surface area contributed by atoms with Crippen LogP contribution in [0.15, 0.2) is 48.5 Å². The van der Waals surface area contributed by atoms with Crippen molar-refractivity contribution in [3.8, 4) is 0 Å². The van der Waals surface area contributed by atoms with Crippen molar-refractivity contribution in [3.05, 3.63) is 59.7 Å². The van der Waals surface area contributed by atoms with Crippen LogP contribution in [0.4, 0.5) is 24.5 Å². The largest absolute Gasteiger partial charge is 0.418 e. The first-order valence-corrected chi connectivity index (χ1v) is 9.71. The molecule has 2 N–H and O–H groups in total. The molecule has 0 saturated heterocycles. The molecule has 0 saturated carbocycles. The molecule has 0 aliphatic heterocycles. The highest BCUT2D eigenvalue weighted by Gasteiger charge is 2.33. The van der Waals surface area contributed by atoms with E-state index in [1.54, 1.807) is 19.2 Å². The number of amides is 3. The Labute approximate surface area is 184 Å². The van der Waals surface area contributed by atoms with Gasteiger partial charge in [0.2, 0.25) is 17.7 Å². The van der Waals surface area contributed by atoms with Crippen LogP contribution in [0.3, 0.4) is 0 Å². The minimum atomic E-state index is -4.62. The average Bonchev–Trinajstić information content (AvgIpc) is 2.69. The second kappa shape index (κ2) is 10.8. The minimum absolute atomic E-state index is 0.0569. The van der Waals surface area contributed by atoms with Gasteiger partial charge < -0.3 is 15.5 Å². The summed E-state index contributed by atoms with van der Waals surface area (Å²) in [6, 6.07) is 11.8. The molecule has 0 aliphatic rings. The van der Waals surface area contributed by atoms with E-state index in [1.165, 1.54) is 24.1 Å². The van der Waals surface area contributed by atoms with Crippen molar-refractivity contribution >= 4 is 29.1 Å². The lowest BCUT2D eigenvalue weighted by Gasteiger charge is -2.21. The van der Waals surface area contributed by atoms with Crippen LogP contribution in [0.1, 0.15) is 11.1 Å². The lowest BCUT2D eigenvalue weighted by atomic mass is 10.1. The number of anilines is 2. The Balaban J connectivity index is 1.83. The van der Waals surface area contributed by atoms with Crippen molar-refractivity contribution in [1.82, 2.24) is 9.80 Å². The van der Waals surface area contributed by atoms with Gasteiger partial charge in [-0.05, 0) is 38.2 Å². The fourth-order valence-electron chi connectivity index (χ4n) is 2.82. The number of aryl methyl sites for hydroxylation is 1. The van der Waals surface area contributed by atoms with Crippen LogP contribution < -0.4 is 10.6 Å². The zero-order valence-electron chi connectivity index (χ0n) is 18.0. The third-order valence-corrected chi connectivity index (χ3v) is 4.47. The molecule has 0 aliphatic carbocycles. The van der Waals surface area contributed by atoms with Crippen molar-refractivity contribution in [2.24, 2.45) is 0 Å². The third kappa shape index (κ3) is 7.69. The van der Waals surface area contributed by atoms with Gasteiger partial charge in [-0.2, -0.15) is 13.2 Å². The number of hydrogen-bond acceptors (Lipinski definition) is 4. The summed E-state index contributed by atoms with van der Waals surface area (Å²) in [7, 11) is 2.93. The van der Waals surface area contributed by atoms with Crippen LogP contribution in [0.5, 0.6) is 0 Å². The summed E-state index contributed by atoms with van der Waals surface area (Å²) in [4.78, 5) is 39.2. The molecule has 32 heavy (non-hydrogen) atoms. The van der Waals surface area contributed by atoms with Crippen LogP contribution in [-0.2, 0) is 20.6 Å². The molecular weight excluding hydrogens is 425 g/mol. The van der Waals surface area contributed by atoms with Crippen molar-refractivity contribution in [2.75, 3.05) is 44.4 Å². The Morgan fingerprint density at radius 3 is 2.06 bits per heavy atom. The zero-order valence-corrected chi connectivity index (χ0v) is 18.0. The van der Waals surface area contributed by atoms with E-state index in [4.69, 9.17) is 0 Å². The molecule has 0 fully saturated rings. The number of halogens is 3. The average molecular weight is 450 g/mol. The van der Waals surface area contributed by atoms with E-state index in [9.17, 15) is 27.6 Å². The Hall–Kier alpha value is -3.40. The molecule has 3 amide bonds. The van der Waals surface area contributed by atoms with Gasteiger partial charge in [0, 0.05) is 12.7 Å². The number of nitrogens with one attached hydrogen (secondary N) is 2. The van der Waals surface area contributed by atoms with Gasteiger partial charge in [0.15, 0.2) is 0 Å². The third-order valence-electron chi connectivity index (χ3n) is 4.47. The molecule has 10 heteroatoms. The van der Waals surface area contributed by atoms with E-state index in [0.29, 0.717) is 5.69 Å². The molecule has 0 heterocycles. The number of carbonyl (C=O) groups excluding carboxylic acids is 3. The number of para-hydroxylation sites is 1. The molecule has 0 radical (unpaired) electrons.